The summed E-state index contributed by atoms with van der Waals surface area (Å²) < 4.78 is 0. The lowest BCUT2D eigenvalue weighted by Crippen LogP contribution is -2.52. The first kappa shape index (κ1) is 13.1. The molecule has 0 aromatic heterocycles. The van der Waals surface area contributed by atoms with E-state index in [1.54, 1.807) is 0 Å². The average molecular weight is 272 g/mol. The van der Waals surface area contributed by atoms with Crippen molar-refractivity contribution in [3.05, 3.63) is 12.2 Å². The second-order valence-corrected chi connectivity index (χ2v) is 8.58. The quantitative estimate of drug-likeness (QED) is 0.581. The maximum absolute atomic E-state index is 11.8. The molecule has 0 N–H and O–H groups in total. The van der Waals surface area contributed by atoms with E-state index in [-0.39, 0.29) is 0 Å². The summed E-state index contributed by atoms with van der Waals surface area (Å²) >= 11 is 0. The Kier molecular flexibility index (Phi) is 2.76. The van der Waals surface area contributed by atoms with E-state index >= 15 is 0 Å². The summed E-state index contributed by atoms with van der Waals surface area (Å²) in [5.74, 6) is 3.96. The minimum atomic E-state index is 0.473. The van der Waals surface area contributed by atoms with Gasteiger partial charge in [0, 0.05) is 12.8 Å². The summed E-state index contributed by atoms with van der Waals surface area (Å²) in [5.41, 5.74) is 0.968. The minimum Gasteiger partial charge on any atom is -0.300 e. The number of hydrogen-bond acceptors (Lipinski definition) is 1. The fourth-order valence-electron chi connectivity index (χ4n) is 6.53. The summed E-state index contributed by atoms with van der Waals surface area (Å²) in [6.07, 6.45) is 14.7. The van der Waals surface area contributed by atoms with Crippen molar-refractivity contribution in [3.8, 4) is 0 Å². The third-order valence-corrected chi connectivity index (χ3v) is 7.81. The van der Waals surface area contributed by atoms with E-state index in [4.69, 9.17) is 0 Å². The van der Waals surface area contributed by atoms with E-state index in [0.717, 1.165) is 30.6 Å². The van der Waals surface area contributed by atoms with Crippen LogP contribution in [0.1, 0.15) is 65.2 Å². The highest BCUT2D eigenvalue weighted by atomic mass is 16.1. The largest absolute Gasteiger partial charge is 0.300 e. The Morgan fingerprint density at radius 1 is 1.10 bits per heavy atom. The van der Waals surface area contributed by atoms with Gasteiger partial charge in [0.15, 0.2) is 0 Å². The van der Waals surface area contributed by atoms with Crippen LogP contribution in [0.5, 0.6) is 0 Å². The molecule has 3 saturated carbocycles. The number of allylic oxidation sites excluding steroid dienone is 2. The van der Waals surface area contributed by atoms with Crippen LogP contribution in [0.25, 0.3) is 0 Å². The van der Waals surface area contributed by atoms with Crippen LogP contribution < -0.4 is 0 Å². The van der Waals surface area contributed by atoms with Crippen molar-refractivity contribution in [1.29, 1.82) is 0 Å². The van der Waals surface area contributed by atoms with Gasteiger partial charge in [-0.05, 0) is 73.0 Å². The molecular weight excluding hydrogens is 244 g/mol. The van der Waals surface area contributed by atoms with Crippen LogP contribution in [0.15, 0.2) is 12.2 Å². The lowest BCUT2D eigenvalue weighted by molar-refractivity contribution is -0.136. The smallest absolute Gasteiger partial charge is 0.133 e. The van der Waals surface area contributed by atoms with Gasteiger partial charge in [-0.15, -0.1) is 0 Å². The van der Waals surface area contributed by atoms with E-state index in [1.807, 2.05) is 0 Å². The van der Waals surface area contributed by atoms with E-state index in [9.17, 15) is 4.79 Å². The highest BCUT2D eigenvalue weighted by Crippen LogP contribution is 2.64. The van der Waals surface area contributed by atoms with Crippen molar-refractivity contribution in [2.45, 2.75) is 65.2 Å². The maximum atomic E-state index is 11.8. The van der Waals surface area contributed by atoms with E-state index < -0.39 is 0 Å². The van der Waals surface area contributed by atoms with Crippen molar-refractivity contribution < 1.29 is 4.79 Å². The molecule has 6 atom stereocenters. The first-order valence-electron chi connectivity index (χ1n) is 8.72. The second-order valence-electron chi connectivity index (χ2n) is 8.58. The number of rotatable bonds is 0. The molecule has 0 heterocycles. The predicted molar refractivity (Wildman–Crippen MR) is 81.3 cm³/mol. The first-order chi connectivity index (χ1) is 9.53. The molecule has 1 nitrogen and oxygen atoms in total. The molecule has 0 spiro atoms. The third kappa shape index (κ3) is 1.64. The second kappa shape index (κ2) is 4.21. The summed E-state index contributed by atoms with van der Waals surface area (Å²) in [6, 6.07) is 0. The van der Waals surface area contributed by atoms with Gasteiger partial charge in [0.2, 0.25) is 0 Å². The molecule has 0 aliphatic heterocycles. The lowest BCUT2D eigenvalue weighted by atomic mass is 9.45. The Hall–Kier alpha value is -0.590. The van der Waals surface area contributed by atoms with Gasteiger partial charge >= 0.3 is 0 Å². The monoisotopic (exact) mass is 272 g/mol. The van der Waals surface area contributed by atoms with Crippen LogP contribution in [0.2, 0.25) is 0 Å². The topological polar surface area (TPSA) is 17.1 Å². The number of hydrogen-bond donors (Lipinski definition) is 0. The van der Waals surface area contributed by atoms with E-state index in [0.29, 0.717) is 22.5 Å². The normalized spacial score (nSPS) is 54.2. The van der Waals surface area contributed by atoms with Crippen LogP contribution in [0, 0.1) is 34.5 Å². The van der Waals surface area contributed by atoms with Gasteiger partial charge < -0.3 is 0 Å². The highest BCUT2D eigenvalue weighted by molar-refractivity contribution is 5.79. The molecule has 1 heteroatoms. The van der Waals surface area contributed by atoms with Crippen LogP contribution in [0.3, 0.4) is 0 Å². The Labute approximate surface area is 123 Å². The molecule has 110 valence electrons. The minimum absolute atomic E-state index is 0.473. The molecule has 0 unspecified atom stereocenters. The molecule has 0 aromatic carbocycles. The number of carbonyl (C=O) groups excluding carboxylic acids is 1. The zero-order valence-electron chi connectivity index (χ0n) is 13.0. The number of ketones is 1. The SMILES string of the molecule is C[C@]12CCC(=O)C[C@@H]1CC[C@H]1[C@H]2CC[C@]2(C)C=CC[C@H]12. The van der Waals surface area contributed by atoms with Gasteiger partial charge in [0.05, 0.1) is 0 Å². The molecular formula is C19H28O. The van der Waals surface area contributed by atoms with Crippen molar-refractivity contribution in [1.82, 2.24) is 0 Å². The highest BCUT2D eigenvalue weighted by Gasteiger charge is 2.56. The van der Waals surface area contributed by atoms with Crippen LogP contribution >= 0.6 is 0 Å². The van der Waals surface area contributed by atoms with Gasteiger partial charge in [-0.2, -0.15) is 0 Å². The molecule has 0 bridgehead atoms. The molecule has 0 saturated heterocycles. The maximum Gasteiger partial charge on any atom is 0.133 e. The van der Waals surface area contributed by atoms with Gasteiger partial charge in [0.1, 0.15) is 5.78 Å². The van der Waals surface area contributed by atoms with Gasteiger partial charge in [-0.1, -0.05) is 26.0 Å². The Morgan fingerprint density at radius 3 is 2.80 bits per heavy atom. The Bertz CT molecular complexity index is 464. The predicted octanol–water partition coefficient (Wildman–Crippen LogP) is 4.76. The van der Waals surface area contributed by atoms with Gasteiger partial charge in [-0.3, -0.25) is 4.79 Å². The lowest BCUT2D eigenvalue weighted by Gasteiger charge is -2.59. The third-order valence-electron chi connectivity index (χ3n) is 7.81. The van der Waals surface area contributed by atoms with Gasteiger partial charge in [0.25, 0.3) is 0 Å². The summed E-state index contributed by atoms with van der Waals surface area (Å²) in [7, 11) is 0. The molecule has 3 fully saturated rings. The number of carbonyl (C=O) groups is 1. The van der Waals surface area contributed by atoms with Crippen LogP contribution in [-0.2, 0) is 4.79 Å². The van der Waals surface area contributed by atoms with Crippen molar-refractivity contribution in [2.24, 2.45) is 34.5 Å². The molecule has 4 rings (SSSR count). The average Bonchev–Trinajstić information content (AvgIpc) is 2.81. The molecule has 20 heavy (non-hydrogen) atoms. The van der Waals surface area contributed by atoms with Crippen LogP contribution in [-0.4, -0.2) is 5.78 Å². The van der Waals surface area contributed by atoms with E-state index in [1.165, 1.54) is 38.5 Å². The Morgan fingerprint density at radius 2 is 1.95 bits per heavy atom. The van der Waals surface area contributed by atoms with Crippen molar-refractivity contribution in [3.63, 3.8) is 0 Å². The fourth-order valence-corrected chi connectivity index (χ4v) is 6.53. The number of fused-ring (bicyclic) bond motifs is 5. The molecule has 0 radical (unpaired) electrons. The van der Waals surface area contributed by atoms with Crippen LogP contribution in [0.4, 0.5) is 0 Å². The summed E-state index contributed by atoms with van der Waals surface area (Å²) in [5, 5.41) is 0. The van der Waals surface area contributed by atoms with Crippen molar-refractivity contribution in [2.75, 3.05) is 0 Å². The van der Waals surface area contributed by atoms with Gasteiger partial charge in [-0.25, -0.2) is 0 Å². The Balaban J connectivity index is 1.64. The molecule has 0 amide bonds. The molecule has 0 aromatic rings. The van der Waals surface area contributed by atoms with E-state index in [2.05, 4.69) is 26.0 Å². The molecule has 4 aliphatic carbocycles. The summed E-state index contributed by atoms with van der Waals surface area (Å²) in [6.45, 7) is 5.03. The summed E-state index contributed by atoms with van der Waals surface area (Å²) in [4.78, 5) is 11.8. The zero-order chi connectivity index (χ0) is 14.0. The first-order valence-corrected chi connectivity index (χ1v) is 8.72. The van der Waals surface area contributed by atoms with Crippen molar-refractivity contribution >= 4 is 5.78 Å². The molecule has 4 aliphatic rings. The standard InChI is InChI=1S/C19H28O/c1-18-9-3-4-16(18)15-6-5-13-12-14(20)7-11-19(13,2)17(15)8-10-18/h3,9,13,15-17H,4-8,10-12H2,1-2H3/t13-,15+,16+,17+,18-,19-/m0/s1. The zero-order valence-corrected chi connectivity index (χ0v) is 13.0. The fraction of sp³-hybridized carbons (Fsp3) is 0.842. The number of Topliss-reactive ketones (excluding diaryl/α,β-unsaturated/α-hetero) is 1.